The predicted octanol–water partition coefficient (Wildman–Crippen LogP) is 3.59. The van der Waals surface area contributed by atoms with Crippen LogP contribution in [0.4, 0.5) is 13.2 Å². The van der Waals surface area contributed by atoms with E-state index in [4.69, 9.17) is 9.62 Å². The van der Waals surface area contributed by atoms with Crippen molar-refractivity contribution < 1.29 is 32.4 Å². The Hall–Kier alpha value is -3.33. The van der Waals surface area contributed by atoms with Crippen molar-refractivity contribution in [1.82, 2.24) is 10.8 Å². The van der Waals surface area contributed by atoms with Crippen LogP contribution in [0.25, 0.3) is 11.0 Å². The number of hydrogen-bond donors (Lipinski definition) is 3. The zero-order valence-corrected chi connectivity index (χ0v) is 13.6. The molecule has 0 bridgehead atoms. The molecule has 3 rings (SSSR count). The van der Waals surface area contributed by atoms with Crippen LogP contribution in [0.1, 0.15) is 32.5 Å². The average Bonchev–Trinajstić information content (AvgIpc) is 3.09. The van der Waals surface area contributed by atoms with Crippen molar-refractivity contribution in [2.45, 2.75) is 12.2 Å². The Labute approximate surface area is 150 Å². The molecular formula is C18H13F3N2O4. The number of halogens is 3. The van der Waals surface area contributed by atoms with Gasteiger partial charge in [-0.15, -0.1) is 0 Å². The Balaban J connectivity index is 1.87. The third kappa shape index (κ3) is 3.93. The topological polar surface area (TPSA) is 91.6 Å². The maximum atomic E-state index is 13.4. The van der Waals surface area contributed by atoms with E-state index in [0.717, 1.165) is 24.3 Å². The Morgan fingerprint density at radius 1 is 1.00 bits per heavy atom. The number of furan rings is 1. The van der Waals surface area contributed by atoms with E-state index in [-0.39, 0.29) is 16.9 Å². The molecule has 0 unspecified atom stereocenters. The fourth-order valence-corrected chi connectivity index (χ4v) is 2.54. The lowest BCUT2D eigenvalue weighted by molar-refractivity contribution is -0.155. The number of carbonyl (C=O) groups is 2. The summed E-state index contributed by atoms with van der Waals surface area (Å²) >= 11 is 0. The van der Waals surface area contributed by atoms with Gasteiger partial charge in [-0.05, 0) is 29.8 Å². The number of carbonyl (C=O) groups excluding carboxylic acids is 2. The van der Waals surface area contributed by atoms with Crippen LogP contribution in [0, 0.1) is 0 Å². The van der Waals surface area contributed by atoms with Gasteiger partial charge in [-0.3, -0.25) is 14.8 Å². The molecule has 140 valence electrons. The first kappa shape index (κ1) is 18.5. The Bertz CT molecular complexity index is 947. The lowest BCUT2D eigenvalue weighted by Crippen LogP contribution is -2.38. The molecule has 0 saturated carbocycles. The van der Waals surface area contributed by atoms with Gasteiger partial charge in [-0.1, -0.05) is 30.3 Å². The fourth-order valence-electron chi connectivity index (χ4n) is 2.54. The summed E-state index contributed by atoms with van der Waals surface area (Å²) in [5.74, 6) is -2.14. The molecule has 2 amide bonds. The molecule has 6 nitrogen and oxygen atoms in total. The molecule has 0 aliphatic carbocycles. The standard InChI is InChI=1S/C18H13F3N2O4/c19-18(20,21)15(10-5-7-11(8-6-10)16(24)23-26)22-17(25)14-9-12-3-1-2-4-13(12)27-14/h1-9,15,26H,(H,22,25)(H,23,24)/t15-/m0/s1. The molecule has 2 aromatic carbocycles. The smallest absolute Gasteiger partial charge is 0.412 e. The van der Waals surface area contributed by atoms with Crippen LogP contribution in [0.2, 0.25) is 0 Å². The molecule has 1 atom stereocenters. The molecule has 27 heavy (non-hydrogen) atoms. The number of hydroxylamine groups is 1. The minimum absolute atomic E-state index is 0.0363. The van der Waals surface area contributed by atoms with Crippen molar-refractivity contribution in [3.8, 4) is 0 Å². The van der Waals surface area contributed by atoms with Crippen LogP contribution < -0.4 is 10.8 Å². The van der Waals surface area contributed by atoms with Crippen LogP contribution >= 0.6 is 0 Å². The van der Waals surface area contributed by atoms with Crippen LogP contribution in [-0.2, 0) is 0 Å². The number of alkyl halides is 3. The van der Waals surface area contributed by atoms with Gasteiger partial charge in [0, 0.05) is 10.9 Å². The average molecular weight is 378 g/mol. The fraction of sp³-hybridized carbons (Fsp3) is 0.111. The number of hydrogen-bond acceptors (Lipinski definition) is 4. The minimum Gasteiger partial charge on any atom is -0.451 e. The summed E-state index contributed by atoms with van der Waals surface area (Å²) in [6, 6.07) is 10.00. The van der Waals surface area contributed by atoms with E-state index < -0.39 is 24.0 Å². The zero-order valence-electron chi connectivity index (χ0n) is 13.6. The Morgan fingerprint density at radius 3 is 2.26 bits per heavy atom. The maximum Gasteiger partial charge on any atom is 0.412 e. The van der Waals surface area contributed by atoms with Crippen molar-refractivity contribution in [3.05, 3.63) is 71.5 Å². The van der Waals surface area contributed by atoms with Gasteiger partial charge in [0.25, 0.3) is 11.8 Å². The van der Waals surface area contributed by atoms with Crippen molar-refractivity contribution in [2.24, 2.45) is 0 Å². The van der Waals surface area contributed by atoms with Crippen LogP contribution in [-0.4, -0.2) is 23.2 Å². The monoisotopic (exact) mass is 378 g/mol. The van der Waals surface area contributed by atoms with Crippen molar-refractivity contribution in [2.75, 3.05) is 0 Å². The second kappa shape index (κ2) is 7.12. The van der Waals surface area contributed by atoms with Gasteiger partial charge >= 0.3 is 6.18 Å². The van der Waals surface area contributed by atoms with E-state index in [1.807, 2.05) is 5.32 Å². The minimum atomic E-state index is -4.78. The predicted molar refractivity (Wildman–Crippen MR) is 88.2 cm³/mol. The van der Waals surface area contributed by atoms with E-state index in [1.165, 1.54) is 11.5 Å². The second-order valence-corrected chi connectivity index (χ2v) is 5.66. The first-order chi connectivity index (χ1) is 12.8. The Kier molecular flexibility index (Phi) is 4.87. The number of benzene rings is 2. The molecule has 3 aromatic rings. The lowest BCUT2D eigenvalue weighted by atomic mass is 10.0. The van der Waals surface area contributed by atoms with E-state index in [9.17, 15) is 22.8 Å². The maximum absolute atomic E-state index is 13.4. The highest BCUT2D eigenvalue weighted by Crippen LogP contribution is 2.33. The molecule has 1 heterocycles. The molecule has 9 heteroatoms. The number of para-hydroxylation sites is 1. The molecule has 0 saturated heterocycles. The first-order valence-electron chi connectivity index (χ1n) is 7.70. The van der Waals surface area contributed by atoms with E-state index in [1.54, 1.807) is 24.3 Å². The molecule has 1 aromatic heterocycles. The number of nitrogens with one attached hydrogen (secondary N) is 2. The van der Waals surface area contributed by atoms with Crippen LogP contribution in [0.5, 0.6) is 0 Å². The molecular weight excluding hydrogens is 365 g/mol. The Morgan fingerprint density at radius 2 is 1.67 bits per heavy atom. The van der Waals surface area contributed by atoms with Gasteiger partial charge in [0.05, 0.1) is 0 Å². The summed E-state index contributed by atoms with van der Waals surface area (Å²) in [6.45, 7) is 0. The van der Waals surface area contributed by atoms with Gasteiger partial charge in [0.15, 0.2) is 11.8 Å². The summed E-state index contributed by atoms with van der Waals surface area (Å²) in [6.07, 6.45) is -4.78. The van der Waals surface area contributed by atoms with Gasteiger partial charge in [-0.2, -0.15) is 13.2 Å². The molecule has 0 radical (unpaired) electrons. The van der Waals surface area contributed by atoms with E-state index >= 15 is 0 Å². The molecule has 0 aliphatic heterocycles. The largest absolute Gasteiger partial charge is 0.451 e. The third-order valence-corrected chi connectivity index (χ3v) is 3.86. The number of amides is 2. The van der Waals surface area contributed by atoms with Gasteiger partial charge in [0.2, 0.25) is 0 Å². The molecule has 0 aliphatic rings. The number of rotatable bonds is 4. The summed E-state index contributed by atoms with van der Waals surface area (Å²) in [5.41, 5.74) is 1.45. The van der Waals surface area contributed by atoms with Gasteiger partial charge < -0.3 is 9.73 Å². The zero-order chi connectivity index (χ0) is 19.6. The number of fused-ring (bicyclic) bond motifs is 1. The quantitative estimate of drug-likeness (QED) is 0.478. The SMILES string of the molecule is O=C(NO)c1ccc([C@H](NC(=O)c2cc3ccccc3o2)C(F)(F)F)cc1. The van der Waals surface area contributed by atoms with E-state index in [2.05, 4.69) is 0 Å². The summed E-state index contributed by atoms with van der Waals surface area (Å²) < 4.78 is 45.6. The van der Waals surface area contributed by atoms with Crippen LogP contribution in [0.3, 0.4) is 0 Å². The summed E-state index contributed by atoms with van der Waals surface area (Å²) in [5, 5.41) is 11.0. The summed E-state index contributed by atoms with van der Waals surface area (Å²) in [4.78, 5) is 23.5. The molecule has 3 N–H and O–H groups in total. The highest BCUT2D eigenvalue weighted by molar-refractivity contribution is 5.96. The lowest BCUT2D eigenvalue weighted by Gasteiger charge is -2.21. The van der Waals surface area contributed by atoms with Crippen molar-refractivity contribution in [1.29, 1.82) is 0 Å². The third-order valence-electron chi connectivity index (χ3n) is 3.86. The highest BCUT2D eigenvalue weighted by atomic mass is 19.4. The van der Waals surface area contributed by atoms with Crippen molar-refractivity contribution >= 4 is 22.8 Å². The highest BCUT2D eigenvalue weighted by Gasteiger charge is 2.42. The summed E-state index contributed by atoms with van der Waals surface area (Å²) in [7, 11) is 0. The van der Waals surface area contributed by atoms with E-state index in [0.29, 0.717) is 11.0 Å². The normalized spacial score (nSPS) is 12.6. The molecule has 0 spiro atoms. The first-order valence-corrected chi connectivity index (χ1v) is 7.70. The van der Waals surface area contributed by atoms with Gasteiger partial charge in [0.1, 0.15) is 5.58 Å². The van der Waals surface area contributed by atoms with Gasteiger partial charge in [-0.25, -0.2) is 5.48 Å². The van der Waals surface area contributed by atoms with Crippen molar-refractivity contribution in [3.63, 3.8) is 0 Å². The van der Waals surface area contributed by atoms with Crippen LogP contribution in [0.15, 0.2) is 59.0 Å². The second-order valence-electron chi connectivity index (χ2n) is 5.66. The molecule has 0 fully saturated rings.